The molecule has 0 atom stereocenters. The number of piperazine rings is 1. The summed E-state index contributed by atoms with van der Waals surface area (Å²) in [7, 11) is 1.67. The summed E-state index contributed by atoms with van der Waals surface area (Å²) in [5, 5.41) is 2.53. The van der Waals surface area contributed by atoms with Crippen molar-refractivity contribution in [3.8, 4) is 0 Å². The molecule has 1 saturated carbocycles. The Balaban J connectivity index is 1.97. The molecule has 1 N–H and O–H groups in total. The van der Waals surface area contributed by atoms with Crippen LogP contribution in [0.15, 0.2) is 0 Å². The van der Waals surface area contributed by atoms with E-state index in [1.165, 1.54) is 0 Å². The molecule has 5 nitrogen and oxygen atoms in total. The SMILES string of the molecule is COC1(CN2CC(=O)NCC2=O)CCC1. The third-order valence-corrected chi connectivity index (χ3v) is 3.30. The predicted octanol–water partition coefficient (Wildman–Crippen LogP) is -0.486. The molecule has 0 bridgehead atoms. The summed E-state index contributed by atoms with van der Waals surface area (Å²) in [6.45, 7) is 0.846. The normalized spacial score (nSPS) is 24.7. The lowest BCUT2D eigenvalue weighted by Crippen LogP contribution is -2.58. The van der Waals surface area contributed by atoms with Crippen molar-refractivity contribution < 1.29 is 14.3 Å². The lowest BCUT2D eigenvalue weighted by molar-refractivity contribution is -0.149. The first kappa shape index (κ1) is 10.4. The minimum atomic E-state index is -0.187. The molecule has 1 heterocycles. The Morgan fingerprint density at radius 3 is 2.73 bits per heavy atom. The Kier molecular flexibility index (Phi) is 2.65. The van der Waals surface area contributed by atoms with E-state index >= 15 is 0 Å². The molecule has 0 unspecified atom stereocenters. The van der Waals surface area contributed by atoms with Crippen LogP contribution in [0.1, 0.15) is 19.3 Å². The van der Waals surface area contributed by atoms with E-state index in [1.807, 2.05) is 0 Å². The number of nitrogens with one attached hydrogen (secondary N) is 1. The molecule has 1 aliphatic heterocycles. The zero-order chi connectivity index (χ0) is 10.9. The fraction of sp³-hybridized carbons (Fsp3) is 0.800. The second-order valence-corrected chi connectivity index (χ2v) is 4.27. The fourth-order valence-corrected chi connectivity index (χ4v) is 2.09. The molecule has 0 aromatic carbocycles. The monoisotopic (exact) mass is 212 g/mol. The summed E-state index contributed by atoms with van der Waals surface area (Å²) < 4.78 is 5.43. The molecule has 2 aliphatic rings. The molecule has 84 valence electrons. The van der Waals surface area contributed by atoms with Gasteiger partial charge in [-0.25, -0.2) is 0 Å². The Bertz CT molecular complexity index is 281. The molecular formula is C10H16N2O3. The number of hydrogen-bond donors (Lipinski definition) is 1. The average Bonchev–Trinajstić information content (AvgIpc) is 2.17. The molecule has 15 heavy (non-hydrogen) atoms. The number of carbonyl (C=O) groups is 2. The Morgan fingerprint density at radius 2 is 2.20 bits per heavy atom. The second-order valence-electron chi connectivity index (χ2n) is 4.27. The topological polar surface area (TPSA) is 58.6 Å². The van der Waals surface area contributed by atoms with Gasteiger partial charge in [0.15, 0.2) is 0 Å². The molecule has 1 saturated heterocycles. The predicted molar refractivity (Wildman–Crippen MR) is 53.2 cm³/mol. The van der Waals surface area contributed by atoms with Gasteiger partial charge in [0.25, 0.3) is 0 Å². The summed E-state index contributed by atoms with van der Waals surface area (Å²) in [6, 6.07) is 0. The van der Waals surface area contributed by atoms with Crippen LogP contribution in [0, 0.1) is 0 Å². The van der Waals surface area contributed by atoms with Gasteiger partial charge in [-0.3, -0.25) is 9.59 Å². The van der Waals surface area contributed by atoms with Crippen molar-refractivity contribution in [1.82, 2.24) is 10.2 Å². The quantitative estimate of drug-likeness (QED) is 0.687. The van der Waals surface area contributed by atoms with E-state index in [0.29, 0.717) is 6.54 Å². The Labute approximate surface area is 88.8 Å². The lowest BCUT2D eigenvalue weighted by atomic mass is 9.79. The Morgan fingerprint density at radius 1 is 1.47 bits per heavy atom. The molecule has 1 aliphatic carbocycles. The van der Waals surface area contributed by atoms with Gasteiger partial charge in [0, 0.05) is 7.11 Å². The first-order chi connectivity index (χ1) is 7.15. The number of nitrogens with zero attached hydrogens (tertiary/aromatic N) is 1. The third-order valence-electron chi connectivity index (χ3n) is 3.30. The lowest BCUT2D eigenvalue weighted by Gasteiger charge is -2.44. The smallest absolute Gasteiger partial charge is 0.242 e. The van der Waals surface area contributed by atoms with E-state index in [-0.39, 0.29) is 30.5 Å². The van der Waals surface area contributed by atoms with E-state index in [1.54, 1.807) is 12.0 Å². The fourth-order valence-electron chi connectivity index (χ4n) is 2.09. The van der Waals surface area contributed by atoms with Crippen molar-refractivity contribution in [2.45, 2.75) is 24.9 Å². The summed E-state index contributed by atoms with van der Waals surface area (Å²) >= 11 is 0. The van der Waals surface area contributed by atoms with Crippen molar-refractivity contribution in [2.75, 3.05) is 26.7 Å². The molecule has 0 spiro atoms. The molecule has 2 fully saturated rings. The standard InChI is InChI=1S/C10H16N2O3/c1-15-10(3-2-4-10)7-12-6-8(13)11-5-9(12)14/h2-7H2,1H3,(H,11,13). The number of rotatable bonds is 3. The van der Waals surface area contributed by atoms with Gasteiger partial charge in [-0.1, -0.05) is 0 Å². The number of ether oxygens (including phenoxy) is 1. The molecule has 0 aromatic rings. The molecule has 0 radical (unpaired) electrons. The highest BCUT2D eigenvalue weighted by molar-refractivity contribution is 5.92. The van der Waals surface area contributed by atoms with Crippen molar-refractivity contribution in [1.29, 1.82) is 0 Å². The number of amides is 2. The Hall–Kier alpha value is -1.10. The highest BCUT2D eigenvalue weighted by Crippen LogP contribution is 2.35. The van der Waals surface area contributed by atoms with Crippen LogP contribution in [0.3, 0.4) is 0 Å². The van der Waals surface area contributed by atoms with Crippen molar-refractivity contribution in [3.05, 3.63) is 0 Å². The first-order valence-corrected chi connectivity index (χ1v) is 5.25. The highest BCUT2D eigenvalue weighted by atomic mass is 16.5. The van der Waals surface area contributed by atoms with Gasteiger partial charge in [-0.15, -0.1) is 0 Å². The van der Waals surface area contributed by atoms with E-state index in [0.717, 1.165) is 19.3 Å². The number of hydrogen-bond acceptors (Lipinski definition) is 3. The number of methoxy groups -OCH3 is 1. The maximum Gasteiger partial charge on any atom is 0.242 e. The molecule has 0 aromatic heterocycles. The van der Waals surface area contributed by atoms with Crippen molar-refractivity contribution >= 4 is 11.8 Å². The van der Waals surface area contributed by atoms with Gasteiger partial charge in [0.2, 0.25) is 11.8 Å². The van der Waals surface area contributed by atoms with Crippen LogP contribution in [0.4, 0.5) is 0 Å². The van der Waals surface area contributed by atoms with E-state index < -0.39 is 0 Å². The second kappa shape index (κ2) is 3.81. The van der Waals surface area contributed by atoms with Crippen LogP contribution in [0.5, 0.6) is 0 Å². The molecule has 5 heteroatoms. The van der Waals surface area contributed by atoms with Gasteiger partial charge >= 0.3 is 0 Å². The average molecular weight is 212 g/mol. The van der Waals surface area contributed by atoms with Gasteiger partial charge < -0.3 is 15.0 Å². The van der Waals surface area contributed by atoms with Crippen LogP contribution in [0.25, 0.3) is 0 Å². The molecule has 2 rings (SSSR count). The van der Waals surface area contributed by atoms with Gasteiger partial charge in [0.05, 0.1) is 25.2 Å². The summed E-state index contributed by atoms with van der Waals surface area (Å²) in [6.07, 6.45) is 3.10. The summed E-state index contributed by atoms with van der Waals surface area (Å²) in [5.74, 6) is -0.0990. The first-order valence-electron chi connectivity index (χ1n) is 5.25. The zero-order valence-corrected chi connectivity index (χ0v) is 8.91. The summed E-state index contributed by atoms with van der Waals surface area (Å²) in [5.41, 5.74) is -0.187. The molecular weight excluding hydrogens is 196 g/mol. The van der Waals surface area contributed by atoms with E-state index in [9.17, 15) is 9.59 Å². The van der Waals surface area contributed by atoms with Crippen LogP contribution < -0.4 is 5.32 Å². The van der Waals surface area contributed by atoms with Gasteiger partial charge in [0.1, 0.15) is 0 Å². The third kappa shape index (κ3) is 1.97. The maximum absolute atomic E-state index is 11.5. The number of carbonyl (C=O) groups excluding carboxylic acids is 2. The summed E-state index contributed by atoms with van der Waals surface area (Å²) in [4.78, 5) is 24.3. The molecule has 2 amide bonds. The van der Waals surface area contributed by atoms with Gasteiger partial charge in [-0.05, 0) is 19.3 Å². The van der Waals surface area contributed by atoms with Crippen LogP contribution in [-0.2, 0) is 14.3 Å². The van der Waals surface area contributed by atoms with Crippen LogP contribution in [0.2, 0.25) is 0 Å². The minimum absolute atomic E-state index is 0.0158. The minimum Gasteiger partial charge on any atom is -0.376 e. The van der Waals surface area contributed by atoms with Crippen molar-refractivity contribution in [2.24, 2.45) is 0 Å². The van der Waals surface area contributed by atoms with Crippen LogP contribution >= 0.6 is 0 Å². The zero-order valence-electron chi connectivity index (χ0n) is 8.91. The van der Waals surface area contributed by atoms with E-state index in [4.69, 9.17) is 4.74 Å². The maximum atomic E-state index is 11.5. The van der Waals surface area contributed by atoms with Crippen LogP contribution in [-0.4, -0.2) is 49.1 Å². The van der Waals surface area contributed by atoms with Gasteiger partial charge in [-0.2, -0.15) is 0 Å². The van der Waals surface area contributed by atoms with Crippen molar-refractivity contribution in [3.63, 3.8) is 0 Å². The largest absolute Gasteiger partial charge is 0.376 e. The highest BCUT2D eigenvalue weighted by Gasteiger charge is 2.40. The van der Waals surface area contributed by atoms with E-state index in [2.05, 4.69) is 5.32 Å².